The number of H-pyrrole nitrogens is 1. The Labute approximate surface area is 125 Å². The summed E-state index contributed by atoms with van der Waals surface area (Å²) in [6.07, 6.45) is 0. The first-order valence-electron chi connectivity index (χ1n) is 6.78. The van der Waals surface area contributed by atoms with E-state index in [0.29, 0.717) is 24.3 Å². The van der Waals surface area contributed by atoms with Crippen LogP contribution in [0.4, 0.5) is 0 Å². The molecule has 0 radical (unpaired) electrons. The summed E-state index contributed by atoms with van der Waals surface area (Å²) in [5.41, 5.74) is 7.81. The van der Waals surface area contributed by atoms with Crippen LogP contribution in [0.25, 0.3) is 0 Å². The smallest absolute Gasteiger partial charge is 0.263 e. The molecule has 0 aliphatic carbocycles. The third kappa shape index (κ3) is 3.15. The summed E-state index contributed by atoms with van der Waals surface area (Å²) >= 11 is 0. The van der Waals surface area contributed by atoms with E-state index >= 15 is 0 Å². The number of aromatic amines is 1. The van der Waals surface area contributed by atoms with Gasteiger partial charge in [-0.25, -0.2) is 8.42 Å². The fourth-order valence-electron chi connectivity index (χ4n) is 2.16. The molecule has 2 rings (SSSR count). The second kappa shape index (κ2) is 6.38. The van der Waals surface area contributed by atoms with Crippen molar-refractivity contribution in [2.24, 2.45) is 5.73 Å². The van der Waals surface area contributed by atoms with Gasteiger partial charge < -0.3 is 5.73 Å². The molecule has 0 aliphatic rings. The molecule has 0 atom stereocenters. The van der Waals surface area contributed by atoms with Crippen LogP contribution < -0.4 is 5.73 Å². The highest BCUT2D eigenvalue weighted by atomic mass is 32.2. The molecule has 0 aliphatic heterocycles. The van der Waals surface area contributed by atoms with Gasteiger partial charge in [-0.05, 0) is 12.5 Å². The molecule has 0 amide bonds. The standard InChI is InChI=1S/C14H20N4O2S/c1-3-18(10-12-7-5-4-6-8-12)21(19,20)14-13(9-15)11(2)16-17-14/h4-8H,3,9-10,15H2,1-2H3,(H,16,17). The minimum absolute atomic E-state index is 0.0280. The van der Waals surface area contributed by atoms with Gasteiger partial charge in [0, 0.05) is 30.9 Å². The normalized spacial score (nSPS) is 12.0. The Balaban J connectivity index is 2.36. The van der Waals surface area contributed by atoms with Crippen molar-refractivity contribution in [2.75, 3.05) is 6.54 Å². The molecule has 1 aromatic heterocycles. The quantitative estimate of drug-likeness (QED) is 0.843. The Bertz CT molecular complexity index is 695. The SMILES string of the molecule is CCN(Cc1ccccc1)S(=O)(=O)c1n[nH]c(C)c1CN. The molecule has 3 N–H and O–H groups in total. The fraction of sp³-hybridized carbons (Fsp3) is 0.357. The number of nitrogens with one attached hydrogen (secondary N) is 1. The molecule has 0 unspecified atom stereocenters. The molecule has 114 valence electrons. The lowest BCUT2D eigenvalue weighted by molar-refractivity contribution is 0.420. The zero-order chi connectivity index (χ0) is 15.5. The van der Waals surface area contributed by atoms with Crippen molar-refractivity contribution in [2.45, 2.75) is 32.0 Å². The van der Waals surface area contributed by atoms with Crippen molar-refractivity contribution in [1.82, 2.24) is 14.5 Å². The summed E-state index contributed by atoms with van der Waals surface area (Å²) in [5, 5.41) is 6.66. The lowest BCUT2D eigenvalue weighted by Gasteiger charge is -2.20. The number of hydrogen-bond donors (Lipinski definition) is 2. The highest BCUT2D eigenvalue weighted by Crippen LogP contribution is 2.21. The highest BCUT2D eigenvalue weighted by molar-refractivity contribution is 7.89. The largest absolute Gasteiger partial charge is 0.326 e. The summed E-state index contributed by atoms with van der Waals surface area (Å²) in [4.78, 5) is 0. The molecule has 0 saturated carbocycles. The number of rotatable bonds is 6. The average molecular weight is 308 g/mol. The maximum atomic E-state index is 12.7. The Morgan fingerprint density at radius 2 is 1.95 bits per heavy atom. The molecule has 7 heteroatoms. The van der Waals surface area contributed by atoms with Gasteiger partial charge in [0.15, 0.2) is 5.03 Å². The molecule has 0 bridgehead atoms. The lowest BCUT2D eigenvalue weighted by atomic mass is 10.2. The van der Waals surface area contributed by atoms with Crippen LogP contribution in [0.2, 0.25) is 0 Å². The van der Waals surface area contributed by atoms with Crippen LogP contribution >= 0.6 is 0 Å². The van der Waals surface area contributed by atoms with Gasteiger partial charge in [-0.15, -0.1) is 0 Å². The first-order chi connectivity index (χ1) is 10.0. The van der Waals surface area contributed by atoms with E-state index in [-0.39, 0.29) is 11.6 Å². The van der Waals surface area contributed by atoms with Gasteiger partial charge in [-0.3, -0.25) is 5.10 Å². The summed E-state index contributed by atoms with van der Waals surface area (Å²) in [5.74, 6) is 0. The lowest BCUT2D eigenvalue weighted by Crippen LogP contribution is -2.31. The van der Waals surface area contributed by atoms with Crippen LogP contribution in [0.15, 0.2) is 35.4 Å². The Morgan fingerprint density at radius 1 is 1.29 bits per heavy atom. The van der Waals surface area contributed by atoms with Crippen LogP contribution in [0.5, 0.6) is 0 Å². The zero-order valence-corrected chi connectivity index (χ0v) is 13.0. The van der Waals surface area contributed by atoms with Gasteiger partial charge in [0.05, 0.1) is 0 Å². The molecule has 0 saturated heterocycles. The Kier molecular flexibility index (Phi) is 4.76. The minimum Gasteiger partial charge on any atom is -0.326 e. The Morgan fingerprint density at radius 3 is 2.52 bits per heavy atom. The van der Waals surface area contributed by atoms with E-state index in [1.807, 2.05) is 37.3 Å². The van der Waals surface area contributed by atoms with E-state index in [2.05, 4.69) is 10.2 Å². The number of nitrogens with two attached hydrogens (primary N) is 1. The average Bonchev–Trinajstić information content (AvgIpc) is 2.87. The molecule has 0 spiro atoms. The topological polar surface area (TPSA) is 92.1 Å². The monoisotopic (exact) mass is 308 g/mol. The van der Waals surface area contributed by atoms with E-state index in [1.165, 1.54) is 4.31 Å². The Hall–Kier alpha value is -1.70. The maximum absolute atomic E-state index is 12.7. The van der Waals surface area contributed by atoms with E-state index < -0.39 is 10.0 Å². The molecule has 0 fully saturated rings. The van der Waals surface area contributed by atoms with Gasteiger partial charge in [0.25, 0.3) is 10.0 Å². The van der Waals surface area contributed by atoms with Crippen LogP contribution in [0, 0.1) is 6.92 Å². The molecule has 21 heavy (non-hydrogen) atoms. The van der Waals surface area contributed by atoms with E-state index in [1.54, 1.807) is 6.92 Å². The van der Waals surface area contributed by atoms with Gasteiger partial charge in [0.2, 0.25) is 0 Å². The van der Waals surface area contributed by atoms with E-state index in [4.69, 9.17) is 5.73 Å². The second-order valence-corrected chi connectivity index (χ2v) is 6.61. The summed E-state index contributed by atoms with van der Waals surface area (Å²) in [6, 6.07) is 9.48. The molecule has 6 nitrogen and oxygen atoms in total. The van der Waals surface area contributed by atoms with Gasteiger partial charge in [-0.1, -0.05) is 37.3 Å². The van der Waals surface area contributed by atoms with E-state index in [9.17, 15) is 8.42 Å². The first kappa shape index (κ1) is 15.7. The predicted octanol–water partition coefficient (Wildman–Crippen LogP) is 1.39. The molecular weight excluding hydrogens is 288 g/mol. The first-order valence-corrected chi connectivity index (χ1v) is 8.22. The second-order valence-electron chi connectivity index (χ2n) is 4.75. The van der Waals surface area contributed by atoms with Crippen LogP contribution in [0.1, 0.15) is 23.7 Å². The number of nitrogens with zero attached hydrogens (tertiary/aromatic N) is 2. The van der Waals surface area contributed by atoms with Crippen LogP contribution in [0.3, 0.4) is 0 Å². The minimum atomic E-state index is -3.66. The van der Waals surface area contributed by atoms with Crippen molar-refractivity contribution in [1.29, 1.82) is 0 Å². The van der Waals surface area contributed by atoms with Gasteiger partial charge >= 0.3 is 0 Å². The fourth-order valence-corrected chi connectivity index (χ4v) is 3.77. The maximum Gasteiger partial charge on any atom is 0.263 e. The number of hydrogen-bond acceptors (Lipinski definition) is 4. The summed E-state index contributed by atoms with van der Waals surface area (Å²) in [7, 11) is -3.66. The van der Waals surface area contributed by atoms with Crippen molar-refractivity contribution in [3.05, 3.63) is 47.2 Å². The van der Waals surface area contributed by atoms with E-state index in [0.717, 1.165) is 5.56 Å². The number of aryl methyl sites for hydroxylation is 1. The molecule has 1 heterocycles. The van der Waals surface area contributed by atoms with Crippen molar-refractivity contribution in [3.8, 4) is 0 Å². The van der Waals surface area contributed by atoms with Gasteiger partial charge in [-0.2, -0.15) is 9.40 Å². The predicted molar refractivity (Wildman–Crippen MR) is 80.9 cm³/mol. The van der Waals surface area contributed by atoms with Crippen molar-refractivity contribution in [3.63, 3.8) is 0 Å². The number of sulfonamides is 1. The van der Waals surface area contributed by atoms with Crippen molar-refractivity contribution < 1.29 is 8.42 Å². The molecule has 2 aromatic rings. The van der Waals surface area contributed by atoms with Gasteiger partial charge in [0.1, 0.15) is 0 Å². The van der Waals surface area contributed by atoms with Crippen LogP contribution in [-0.2, 0) is 23.1 Å². The summed E-state index contributed by atoms with van der Waals surface area (Å²) < 4.78 is 26.9. The zero-order valence-electron chi connectivity index (χ0n) is 12.2. The van der Waals surface area contributed by atoms with Crippen molar-refractivity contribution >= 4 is 10.0 Å². The molecule has 1 aromatic carbocycles. The highest BCUT2D eigenvalue weighted by Gasteiger charge is 2.29. The summed E-state index contributed by atoms with van der Waals surface area (Å²) in [6.45, 7) is 4.40. The molecular formula is C14H20N4O2S. The van der Waals surface area contributed by atoms with Crippen LogP contribution in [-0.4, -0.2) is 29.5 Å². The third-order valence-corrected chi connectivity index (χ3v) is 5.27. The number of aromatic nitrogens is 2. The third-order valence-electron chi connectivity index (χ3n) is 3.38. The number of benzene rings is 1.